The van der Waals surface area contributed by atoms with Gasteiger partial charge in [-0.1, -0.05) is 30.1 Å². The summed E-state index contributed by atoms with van der Waals surface area (Å²) in [7, 11) is 1.38. The van der Waals surface area contributed by atoms with Gasteiger partial charge in [0.15, 0.2) is 11.4 Å². The van der Waals surface area contributed by atoms with Crippen LogP contribution in [0.1, 0.15) is 25.3 Å². The molecule has 1 aromatic carbocycles. The molecule has 168 valence electrons. The fourth-order valence-corrected chi connectivity index (χ4v) is 3.28. The predicted molar refractivity (Wildman–Crippen MR) is 116 cm³/mol. The van der Waals surface area contributed by atoms with E-state index in [1.807, 2.05) is 0 Å². The van der Waals surface area contributed by atoms with Crippen molar-refractivity contribution in [3.8, 4) is 22.9 Å². The molecule has 11 nitrogen and oxygen atoms in total. The summed E-state index contributed by atoms with van der Waals surface area (Å²) in [4.78, 5) is 48.9. The average Bonchev–Trinajstić information content (AvgIpc) is 2.72. The number of ether oxygens (including phenoxy) is 2. The summed E-state index contributed by atoms with van der Waals surface area (Å²) < 4.78 is 11.6. The van der Waals surface area contributed by atoms with Crippen LogP contribution in [-0.2, 0) is 16.6 Å². The Kier molecular flexibility index (Phi) is 6.80. The number of rotatable bonds is 6. The van der Waals surface area contributed by atoms with Gasteiger partial charge in [0.05, 0.1) is 16.7 Å². The minimum atomic E-state index is -0.706. The summed E-state index contributed by atoms with van der Waals surface area (Å²) in [5.74, 6) is -0.881. The third-order valence-corrected chi connectivity index (χ3v) is 4.90. The lowest BCUT2D eigenvalue weighted by atomic mass is 10.1. The molecule has 3 rings (SSSR count). The van der Waals surface area contributed by atoms with Gasteiger partial charge < -0.3 is 9.47 Å². The summed E-state index contributed by atoms with van der Waals surface area (Å²) in [6, 6.07) is 4.16. The van der Waals surface area contributed by atoms with Crippen LogP contribution in [0.4, 0.5) is 0 Å². The van der Waals surface area contributed by atoms with E-state index in [1.54, 1.807) is 6.92 Å². The molecule has 3 aromatic rings. The zero-order valence-corrected chi connectivity index (χ0v) is 18.6. The number of carbonyl (C=O) groups is 1. The Morgan fingerprint density at radius 2 is 1.81 bits per heavy atom. The molecule has 1 atom stereocenters. The van der Waals surface area contributed by atoms with Gasteiger partial charge in [-0.25, -0.2) is 14.6 Å². The smallest absolute Gasteiger partial charge is 0.344 e. The lowest BCUT2D eigenvalue weighted by Gasteiger charge is -2.13. The summed E-state index contributed by atoms with van der Waals surface area (Å²) in [6.45, 7) is 2.97. The molecule has 0 spiro atoms. The maximum Gasteiger partial charge on any atom is 0.344 e. The first kappa shape index (κ1) is 23.2. The predicted octanol–water partition coefficient (Wildman–Crippen LogP) is 1.98. The molecular weight excluding hydrogens is 465 g/mol. The summed E-state index contributed by atoms with van der Waals surface area (Å²) in [5.41, 5.74) is -1.37. The molecule has 0 radical (unpaired) electrons. The Balaban J connectivity index is 1.94. The molecule has 0 aliphatic rings. The number of aromatic nitrogens is 5. The zero-order chi connectivity index (χ0) is 23.6. The maximum atomic E-state index is 12.1. The number of nitrogens with zero attached hydrogens (tertiary/aromatic N) is 3. The van der Waals surface area contributed by atoms with Crippen LogP contribution in [0.25, 0.3) is 11.3 Å². The molecule has 13 heteroatoms. The quantitative estimate of drug-likeness (QED) is 0.507. The van der Waals surface area contributed by atoms with Crippen molar-refractivity contribution in [3.63, 3.8) is 0 Å². The van der Waals surface area contributed by atoms with Gasteiger partial charge in [0.25, 0.3) is 11.1 Å². The first-order chi connectivity index (χ1) is 15.1. The molecule has 2 heterocycles. The third kappa shape index (κ3) is 5.06. The van der Waals surface area contributed by atoms with Crippen molar-refractivity contribution in [2.24, 2.45) is 7.05 Å². The number of hydrogen-bond donors (Lipinski definition) is 2. The first-order valence-corrected chi connectivity index (χ1v) is 9.90. The number of aryl methyl sites for hydroxylation is 1. The van der Waals surface area contributed by atoms with Gasteiger partial charge in [-0.05, 0) is 12.1 Å². The van der Waals surface area contributed by atoms with Crippen molar-refractivity contribution in [1.29, 1.82) is 0 Å². The van der Waals surface area contributed by atoms with Gasteiger partial charge in [0.1, 0.15) is 0 Å². The summed E-state index contributed by atoms with van der Waals surface area (Å²) in [6.07, 6.45) is 0. The highest BCUT2D eigenvalue weighted by Gasteiger charge is 2.18. The molecule has 0 bridgehead atoms. The summed E-state index contributed by atoms with van der Waals surface area (Å²) >= 11 is 12.6. The van der Waals surface area contributed by atoms with Crippen molar-refractivity contribution in [1.82, 2.24) is 25.0 Å². The Bertz CT molecular complexity index is 1340. The normalized spacial score (nSPS) is 11.8. The molecule has 0 amide bonds. The molecule has 2 aromatic heterocycles. The van der Waals surface area contributed by atoms with Crippen molar-refractivity contribution in [3.05, 3.63) is 65.0 Å². The van der Waals surface area contributed by atoms with Gasteiger partial charge in [0, 0.05) is 37.1 Å². The van der Waals surface area contributed by atoms with Crippen LogP contribution in [0.2, 0.25) is 10.0 Å². The van der Waals surface area contributed by atoms with Crippen molar-refractivity contribution >= 4 is 29.2 Å². The van der Waals surface area contributed by atoms with Crippen molar-refractivity contribution in [2.45, 2.75) is 19.8 Å². The number of hydrogen-bond acceptors (Lipinski definition) is 8. The van der Waals surface area contributed by atoms with Gasteiger partial charge in [-0.3, -0.25) is 19.4 Å². The Hall–Kier alpha value is -3.44. The van der Waals surface area contributed by atoms with Gasteiger partial charge >= 0.3 is 11.7 Å². The fourth-order valence-electron chi connectivity index (χ4n) is 2.72. The zero-order valence-electron chi connectivity index (χ0n) is 17.1. The Morgan fingerprint density at radius 3 is 2.44 bits per heavy atom. The van der Waals surface area contributed by atoms with Gasteiger partial charge in [0.2, 0.25) is 5.88 Å². The van der Waals surface area contributed by atoms with E-state index in [1.165, 1.54) is 32.2 Å². The number of esters is 1. The van der Waals surface area contributed by atoms with E-state index in [2.05, 4.69) is 20.3 Å². The average molecular weight is 482 g/mol. The molecule has 2 N–H and O–H groups in total. The topological polar surface area (TPSA) is 149 Å². The van der Waals surface area contributed by atoms with Gasteiger partial charge in [-0.2, -0.15) is 5.10 Å². The summed E-state index contributed by atoms with van der Waals surface area (Å²) in [5, 5.41) is 10.1. The number of halogens is 2. The molecule has 0 aliphatic heterocycles. The Morgan fingerprint density at radius 1 is 1.16 bits per heavy atom. The molecule has 0 aliphatic carbocycles. The number of H-pyrrole nitrogens is 2. The molecule has 1 unspecified atom stereocenters. The van der Waals surface area contributed by atoms with Crippen molar-refractivity contribution < 1.29 is 14.3 Å². The van der Waals surface area contributed by atoms with Gasteiger partial charge in [-0.15, -0.1) is 5.10 Å². The van der Waals surface area contributed by atoms with Crippen LogP contribution in [0.5, 0.6) is 11.6 Å². The van der Waals surface area contributed by atoms with E-state index in [4.69, 9.17) is 32.7 Å². The van der Waals surface area contributed by atoms with Crippen LogP contribution in [-0.4, -0.2) is 37.5 Å². The third-order valence-electron chi connectivity index (χ3n) is 4.33. The van der Waals surface area contributed by atoms with E-state index in [-0.39, 0.29) is 45.1 Å². The first-order valence-electron chi connectivity index (χ1n) is 9.14. The SMILES string of the molecule is CC(=O)OCC(C)c1cc(Oc2c(Cl)cc(-c3nn(C)c(=O)[nH]c3=O)cc2Cl)n[nH]c1=O. The highest BCUT2D eigenvalue weighted by atomic mass is 35.5. The largest absolute Gasteiger partial charge is 0.465 e. The second-order valence-electron chi connectivity index (χ2n) is 6.80. The van der Waals surface area contributed by atoms with E-state index in [0.717, 1.165) is 4.68 Å². The minimum Gasteiger partial charge on any atom is -0.465 e. The lowest BCUT2D eigenvalue weighted by Crippen LogP contribution is -2.31. The van der Waals surface area contributed by atoms with Crippen molar-refractivity contribution in [2.75, 3.05) is 6.61 Å². The van der Waals surface area contributed by atoms with Crippen LogP contribution in [0.3, 0.4) is 0 Å². The molecule has 0 fully saturated rings. The second kappa shape index (κ2) is 9.37. The van der Waals surface area contributed by atoms with Crippen LogP contribution in [0, 0.1) is 0 Å². The monoisotopic (exact) mass is 481 g/mol. The number of benzene rings is 1. The van der Waals surface area contributed by atoms with E-state index in [0.29, 0.717) is 0 Å². The van der Waals surface area contributed by atoms with E-state index >= 15 is 0 Å². The maximum absolute atomic E-state index is 12.1. The van der Waals surface area contributed by atoms with E-state index < -0.39 is 28.7 Å². The minimum absolute atomic E-state index is 0.000793. The molecular formula is C19H17Cl2N5O6. The highest BCUT2D eigenvalue weighted by molar-refractivity contribution is 6.37. The second-order valence-corrected chi connectivity index (χ2v) is 7.61. The Labute approximate surface area is 189 Å². The number of carbonyl (C=O) groups excluding carboxylic acids is 1. The molecule has 0 saturated carbocycles. The standard InChI is InChI=1S/C19H17Cl2N5O6/c1-8(7-31-9(2)27)11-6-14(23-24-17(11)28)32-16-12(20)4-10(5-13(16)21)15-18(29)22-19(30)26(3)25-15/h4-6,8H,7H2,1-3H3,(H,24,28)(H,22,29,30). The highest BCUT2D eigenvalue weighted by Crippen LogP contribution is 2.38. The van der Waals surface area contributed by atoms with E-state index in [9.17, 15) is 19.2 Å². The number of aromatic amines is 2. The fraction of sp³-hybridized carbons (Fsp3) is 0.263. The lowest BCUT2D eigenvalue weighted by molar-refractivity contribution is -0.141. The molecule has 0 saturated heterocycles. The van der Waals surface area contributed by atoms with Crippen LogP contribution >= 0.6 is 23.2 Å². The molecule has 32 heavy (non-hydrogen) atoms. The number of nitrogens with one attached hydrogen (secondary N) is 2. The van der Waals surface area contributed by atoms with Crippen LogP contribution < -0.4 is 21.5 Å². The van der Waals surface area contributed by atoms with Crippen LogP contribution in [0.15, 0.2) is 32.6 Å².